The number of nitrogens with one attached hydrogen (secondary N) is 1. The zero-order chi connectivity index (χ0) is 20.6. The number of aromatic amines is 1. The highest BCUT2D eigenvalue weighted by atomic mass is 35.5. The quantitative estimate of drug-likeness (QED) is 0.252. The first-order chi connectivity index (χ1) is 13.3. The summed E-state index contributed by atoms with van der Waals surface area (Å²) in [4.78, 5) is 26.6. The van der Waals surface area contributed by atoms with Crippen LogP contribution >= 0.6 is 23.2 Å². The number of nitrogens with zero attached hydrogens (tertiary/aromatic N) is 2. The van der Waals surface area contributed by atoms with Gasteiger partial charge in [-0.25, -0.2) is 4.79 Å². The van der Waals surface area contributed by atoms with Gasteiger partial charge in [0.2, 0.25) is 0 Å². The van der Waals surface area contributed by atoms with Crippen molar-refractivity contribution in [1.29, 1.82) is 0 Å². The third-order valence-electron chi connectivity index (χ3n) is 4.31. The number of rotatable bonds is 4. The highest BCUT2D eigenvalue weighted by molar-refractivity contribution is 6.41. The van der Waals surface area contributed by atoms with Gasteiger partial charge in [-0.05, 0) is 12.1 Å². The van der Waals surface area contributed by atoms with Gasteiger partial charge in [0.25, 0.3) is 5.56 Å². The Morgan fingerprint density at radius 3 is 2.39 bits per heavy atom. The molecule has 2 aromatic rings. The first kappa shape index (κ1) is 20.5. The number of aliphatic hydroxyl groups is 3. The van der Waals surface area contributed by atoms with Crippen LogP contribution in [0.25, 0.3) is 0 Å². The van der Waals surface area contributed by atoms with E-state index in [1.165, 1.54) is 12.1 Å². The summed E-state index contributed by atoms with van der Waals surface area (Å²) in [6.45, 7) is -0.599. The van der Waals surface area contributed by atoms with Crippen molar-refractivity contribution >= 4 is 28.9 Å². The average molecular weight is 432 g/mol. The molecule has 4 atom stereocenters. The van der Waals surface area contributed by atoms with E-state index in [2.05, 4.69) is 5.16 Å². The van der Waals surface area contributed by atoms with Gasteiger partial charge in [-0.1, -0.05) is 34.4 Å². The van der Waals surface area contributed by atoms with Gasteiger partial charge >= 0.3 is 5.69 Å². The molecule has 1 aromatic heterocycles. The SMILES string of the molecule is O=c1[nH]c(=O)n([C@@H]2O[C@H](CO)[C@@H](O)[C@H]2O)cc1/C(=N/O)c1c(Cl)cccc1Cl. The highest BCUT2D eigenvalue weighted by Crippen LogP contribution is 2.29. The van der Waals surface area contributed by atoms with Gasteiger partial charge in [-0.3, -0.25) is 14.3 Å². The Labute approximate surface area is 166 Å². The maximum absolute atomic E-state index is 12.3. The summed E-state index contributed by atoms with van der Waals surface area (Å²) in [5.41, 5.74) is -2.43. The first-order valence-electron chi connectivity index (χ1n) is 7.94. The van der Waals surface area contributed by atoms with Crippen LogP contribution in [0.2, 0.25) is 10.0 Å². The molecule has 3 rings (SSSR count). The molecule has 1 fully saturated rings. The number of H-pyrrole nitrogens is 1. The Balaban J connectivity index is 2.15. The zero-order valence-corrected chi connectivity index (χ0v) is 15.5. The van der Waals surface area contributed by atoms with Crippen LogP contribution in [-0.2, 0) is 4.74 Å². The molecule has 1 aliphatic heterocycles. The lowest BCUT2D eigenvalue weighted by molar-refractivity contribution is -0.0550. The molecule has 2 heterocycles. The van der Waals surface area contributed by atoms with Crippen LogP contribution in [0.5, 0.6) is 0 Å². The van der Waals surface area contributed by atoms with E-state index >= 15 is 0 Å². The minimum atomic E-state index is -1.56. The van der Waals surface area contributed by atoms with Crippen molar-refractivity contribution in [3.63, 3.8) is 0 Å². The molecule has 0 radical (unpaired) electrons. The molecule has 12 heteroatoms. The number of hydrogen-bond acceptors (Lipinski definition) is 8. The lowest BCUT2D eigenvalue weighted by atomic mass is 10.0. The summed E-state index contributed by atoms with van der Waals surface area (Å²) in [6, 6.07) is 4.47. The molecule has 0 saturated carbocycles. The van der Waals surface area contributed by atoms with Crippen LogP contribution < -0.4 is 11.2 Å². The molecule has 0 bridgehead atoms. The van der Waals surface area contributed by atoms with E-state index in [4.69, 9.17) is 27.9 Å². The molecule has 1 aliphatic rings. The van der Waals surface area contributed by atoms with Gasteiger partial charge in [0, 0.05) is 11.8 Å². The number of ether oxygens (including phenoxy) is 1. The minimum Gasteiger partial charge on any atom is -0.410 e. The standard InChI is InChI=1S/C16H15Cl2N3O7/c17-7-2-1-3-8(18)10(7)11(20-27)6-4-21(16(26)19-14(6)25)15-13(24)12(23)9(5-22)28-15/h1-4,9,12-13,15,22-24,27H,5H2,(H,19,25,26)/b20-11-/t9-,12-,13-,15-/m1/s1. The lowest BCUT2D eigenvalue weighted by Crippen LogP contribution is -2.39. The maximum Gasteiger partial charge on any atom is 0.330 e. The molecular weight excluding hydrogens is 417 g/mol. The van der Waals surface area contributed by atoms with Gasteiger partial charge in [-0.2, -0.15) is 0 Å². The second-order valence-electron chi connectivity index (χ2n) is 5.98. The van der Waals surface area contributed by atoms with E-state index in [0.29, 0.717) is 0 Å². The monoisotopic (exact) mass is 431 g/mol. The van der Waals surface area contributed by atoms with Crippen molar-refractivity contribution in [2.75, 3.05) is 6.61 Å². The van der Waals surface area contributed by atoms with Crippen LogP contribution in [0.15, 0.2) is 39.1 Å². The van der Waals surface area contributed by atoms with E-state index in [9.17, 15) is 30.1 Å². The van der Waals surface area contributed by atoms with Gasteiger partial charge in [0.1, 0.15) is 24.0 Å². The number of aromatic nitrogens is 2. The molecule has 150 valence electrons. The second-order valence-corrected chi connectivity index (χ2v) is 6.80. The highest BCUT2D eigenvalue weighted by Gasteiger charge is 2.44. The topological polar surface area (TPSA) is 157 Å². The summed E-state index contributed by atoms with van der Waals surface area (Å²) < 4.78 is 6.10. The fourth-order valence-electron chi connectivity index (χ4n) is 2.92. The predicted molar refractivity (Wildman–Crippen MR) is 98.2 cm³/mol. The van der Waals surface area contributed by atoms with E-state index in [1.807, 2.05) is 4.98 Å². The molecule has 0 aliphatic carbocycles. The van der Waals surface area contributed by atoms with Gasteiger partial charge in [-0.15, -0.1) is 0 Å². The molecule has 10 nitrogen and oxygen atoms in total. The Bertz CT molecular complexity index is 1020. The number of halogens is 2. The predicted octanol–water partition coefficient (Wildman–Crippen LogP) is -0.318. The Morgan fingerprint density at radius 2 is 1.86 bits per heavy atom. The van der Waals surface area contributed by atoms with Gasteiger partial charge in [0.15, 0.2) is 6.23 Å². The molecule has 5 N–H and O–H groups in total. The lowest BCUT2D eigenvalue weighted by Gasteiger charge is -2.18. The van der Waals surface area contributed by atoms with Crippen LogP contribution in [0.3, 0.4) is 0 Å². The van der Waals surface area contributed by atoms with Crippen molar-refractivity contribution in [2.45, 2.75) is 24.5 Å². The van der Waals surface area contributed by atoms with Crippen molar-refractivity contribution in [1.82, 2.24) is 9.55 Å². The molecule has 0 amide bonds. The Kier molecular flexibility index (Phi) is 5.89. The number of benzene rings is 1. The summed E-state index contributed by atoms with van der Waals surface area (Å²) in [5, 5.41) is 42.0. The Morgan fingerprint density at radius 1 is 1.21 bits per heavy atom. The molecule has 1 aromatic carbocycles. The fourth-order valence-corrected chi connectivity index (χ4v) is 3.49. The van der Waals surface area contributed by atoms with E-state index in [1.54, 1.807) is 6.07 Å². The number of aliphatic hydroxyl groups excluding tert-OH is 3. The maximum atomic E-state index is 12.3. The smallest absolute Gasteiger partial charge is 0.330 e. The van der Waals surface area contributed by atoms with E-state index in [0.717, 1.165) is 10.8 Å². The Hall–Kier alpha value is -2.21. The molecule has 0 spiro atoms. The fraction of sp³-hybridized carbons (Fsp3) is 0.312. The second kappa shape index (κ2) is 8.03. The van der Waals surface area contributed by atoms with Crippen molar-refractivity contribution in [2.24, 2.45) is 5.16 Å². The van der Waals surface area contributed by atoms with Crippen LogP contribution in [0.4, 0.5) is 0 Å². The normalized spacial score (nSPS) is 25.2. The third kappa shape index (κ3) is 3.46. The largest absolute Gasteiger partial charge is 0.410 e. The van der Waals surface area contributed by atoms with Gasteiger partial charge < -0.3 is 25.3 Å². The molecule has 1 saturated heterocycles. The van der Waals surface area contributed by atoms with Gasteiger partial charge in [0.05, 0.1) is 22.2 Å². The van der Waals surface area contributed by atoms with Crippen LogP contribution in [0.1, 0.15) is 17.4 Å². The minimum absolute atomic E-state index is 0.0465. The van der Waals surface area contributed by atoms with Crippen LogP contribution in [0, 0.1) is 0 Å². The van der Waals surface area contributed by atoms with Crippen molar-refractivity contribution in [3.05, 3.63) is 66.4 Å². The average Bonchev–Trinajstić information content (AvgIpc) is 2.94. The zero-order valence-electron chi connectivity index (χ0n) is 14.0. The van der Waals surface area contributed by atoms with E-state index in [-0.39, 0.29) is 26.9 Å². The number of oxime groups is 1. The summed E-state index contributed by atoms with van der Waals surface area (Å²) in [5.74, 6) is 0. The summed E-state index contributed by atoms with van der Waals surface area (Å²) in [6.07, 6.45) is -4.58. The van der Waals surface area contributed by atoms with Crippen LogP contribution in [-0.4, -0.2) is 60.7 Å². The number of hydrogen-bond donors (Lipinski definition) is 5. The first-order valence-corrected chi connectivity index (χ1v) is 8.70. The molecular formula is C16H15Cl2N3O7. The van der Waals surface area contributed by atoms with Crippen molar-refractivity contribution < 1.29 is 25.3 Å². The van der Waals surface area contributed by atoms with E-state index < -0.39 is 42.4 Å². The van der Waals surface area contributed by atoms with Crippen molar-refractivity contribution in [3.8, 4) is 0 Å². The summed E-state index contributed by atoms with van der Waals surface area (Å²) in [7, 11) is 0. The summed E-state index contributed by atoms with van der Waals surface area (Å²) >= 11 is 12.2. The molecule has 28 heavy (non-hydrogen) atoms. The third-order valence-corrected chi connectivity index (χ3v) is 4.94. The molecule has 0 unspecified atom stereocenters.